The van der Waals surface area contributed by atoms with Gasteiger partial charge in [-0.25, -0.2) is 0 Å². The van der Waals surface area contributed by atoms with Crippen LogP contribution in [-0.2, 0) is 6.42 Å². The van der Waals surface area contributed by atoms with E-state index >= 15 is 0 Å². The Morgan fingerprint density at radius 2 is 1.42 bits per heavy atom. The van der Waals surface area contributed by atoms with Gasteiger partial charge in [-0.3, -0.25) is 4.98 Å². The van der Waals surface area contributed by atoms with Gasteiger partial charge in [0.1, 0.15) is 11.5 Å². The Morgan fingerprint density at radius 3 is 2.21 bits per heavy atom. The van der Waals surface area contributed by atoms with Crippen LogP contribution in [0.4, 0.5) is 0 Å². The zero-order valence-corrected chi connectivity index (χ0v) is 18.9. The molecule has 1 aromatic heterocycles. The molecule has 0 fully saturated rings. The highest BCUT2D eigenvalue weighted by Crippen LogP contribution is 2.47. The van der Waals surface area contributed by atoms with Gasteiger partial charge in [0.05, 0.1) is 5.69 Å². The number of hydrogen-bond acceptors (Lipinski definition) is 2. The summed E-state index contributed by atoms with van der Waals surface area (Å²) in [5, 5.41) is 2.39. The largest absolute Gasteiger partial charge is 0.456 e. The summed E-state index contributed by atoms with van der Waals surface area (Å²) in [7, 11) is 0. The van der Waals surface area contributed by atoms with Gasteiger partial charge in [-0.05, 0) is 58.7 Å². The number of aromatic nitrogens is 1. The molecule has 0 radical (unpaired) electrons. The summed E-state index contributed by atoms with van der Waals surface area (Å²) < 4.78 is 6.49. The lowest BCUT2D eigenvalue weighted by Crippen LogP contribution is -1.95. The number of fused-ring (bicyclic) bond motifs is 6. The quantitative estimate of drug-likeness (QED) is 0.282. The van der Waals surface area contributed by atoms with Crippen LogP contribution in [0.5, 0.6) is 11.5 Å². The van der Waals surface area contributed by atoms with Crippen molar-refractivity contribution < 1.29 is 4.74 Å². The molecule has 2 heterocycles. The van der Waals surface area contributed by atoms with Crippen LogP contribution in [0, 0.1) is 5.92 Å². The maximum Gasteiger partial charge on any atom is 0.135 e. The molecule has 160 valence electrons. The summed E-state index contributed by atoms with van der Waals surface area (Å²) in [5.74, 6) is 2.38. The Kier molecular flexibility index (Phi) is 4.73. The van der Waals surface area contributed by atoms with Crippen molar-refractivity contribution in [2.75, 3.05) is 0 Å². The summed E-state index contributed by atoms with van der Waals surface area (Å²) in [6, 6.07) is 32.1. The molecule has 0 saturated heterocycles. The second-order valence-electron chi connectivity index (χ2n) is 9.17. The van der Waals surface area contributed by atoms with Crippen LogP contribution in [0.3, 0.4) is 0 Å². The van der Waals surface area contributed by atoms with Gasteiger partial charge in [-0.15, -0.1) is 0 Å². The molecular formula is C31H25NO. The smallest absolute Gasteiger partial charge is 0.135 e. The van der Waals surface area contributed by atoms with Gasteiger partial charge in [-0.2, -0.15) is 0 Å². The lowest BCUT2D eigenvalue weighted by atomic mass is 9.93. The first-order valence-electron chi connectivity index (χ1n) is 11.6. The highest BCUT2D eigenvalue weighted by Gasteiger charge is 2.21. The van der Waals surface area contributed by atoms with Crippen LogP contribution in [0.15, 0.2) is 97.2 Å². The van der Waals surface area contributed by atoms with Crippen molar-refractivity contribution in [3.05, 3.63) is 103 Å². The molecule has 33 heavy (non-hydrogen) atoms. The molecule has 0 bridgehead atoms. The maximum atomic E-state index is 6.49. The first kappa shape index (κ1) is 19.8. The Labute approximate surface area is 194 Å². The molecule has 0 spiro atoms. The standard InChI is InChI=1S/C31H25NO/c1-20(2)17-21-11-13-24-22(18-21)15-16-32-31(24)23-12-14-28-26-8-4-3-7-25(26)27-9-5-6-10-29(27)33-30(28)19-23/h3-16,18-20H,17H2,1-2H3. The molecular weight excluding hydrogens is 402 g/mol. The van der Waals surface area contributed by atoms with Crippen molar-refractivity contribution in [1.82, 2.24) is 4.98 Å². The molecule has 5 aromatic rings. The molecule has 0 saturated carbocycles. The van der Waals surface area contributed by atoms with Gasteiger partial charge in [0.15, 0.2) is 0 Å². The van der Waals surface area contributed by atoms with Crippen molar-refractivity contribution in [1.29, 1.82) is 0 Å². The topological polar surface area (TPSA) is 22.1 Å². The summed E-state index contributed by atoms with van der Waals surface area (Å²) in [6.45, 7) is 4.52. The molecule has 0 atom stereocenters. The molecule has 0 aliphatic carbocycles. The third kappa shape index (κ3) is 3.48. The summed E-state index contributed by atoms with van der Waals surface area (Å²) in [4.78, 5) is 4.77. The van der Waals surface area contributed by atoms with Gasteiger partial charge in [0, 0.05) is 28.3 Å². The first-order chi connectivity index (χ1) is 16.2. The number of ether oxygens (including phenoxy) is 1. The molecule has 1 aliphatic rings. The van der Waals surface area contributed by atoms with E-state index in [4.69, 9.17) is 9.72 Å². The van der Waals surface area contributed by atoms with Gasteiger partial charge < -0.3 is 4.74 Å². The van der Waals surface area contributed by atoms with Crippen LogP contribution in [-0.4, -0.2) is 4.98 Å². The van der Waals surface area contributed by atoms with Crippen molar-refractivity contribution in [2.24, 2.45) is 5.92 Å². The van der Waals surface area contributed by atoms with Gasteiger partial charge in [-0.1, -0.05) is 80.6 Å². The number of para-hydroxylation sites is 1. The molecule has 0 unspecified atom stereocenters. The molecule has 0 amide bonds. The minimum atomic E-state index is 0.635. The average Bonchev–Trinajstić information content (AvgIpc) is 2.97. The van der Waals surface area contributed by atoms with Crippen LogP contribution in [0.1, 0.15) is 19.4 Å². The summed E-state index contributed by atoms with van der Waals surface area (Å²) in [5.41, 5.74) is 8.02. The highest BCUT2D eigenvalue weighted by atomic mass is 16.5. The third-order valence-corrected chi connectivity index (χ3v) is 6.34. The minimum Gasteiger partial charge on any atom is -0.456 e. The zero-order chi connectivity index (χ0) is 22.4. The normalized spacial score (nSPS) is 12.0. The Balaban J connectivity index is 1.51. The summed E-state index contributed by atoms with van der Waals surface area (Å²) in [6.07, 6.45) is 2.99. The molecule has 2 heteroatoms. The average molecular weight is 428 g/mol. The fraction of sp³-hybridized carbons (Fsp3) is 0.129. The van der Waals surface area contributed by atoms with Crippen molar-refractivity contribution >= 4 is 10.8 Å². The fourth-order valence-electron chi connectivity index (χ4n) is 4.88. The van der Waals surface area contributed by atoms with Crippen molar-refractivity contribution in [3.63, 3.8) is 0 Å². The maximum absolute atomic E-state index is 6.49. The van der Waals surface area contributed by atoms with Crippen molar-refractivity contribution in [2.45, 2.75) is 20.3 Å². The second kappa shape index (κ2) is 7.90. The van der Waals surface area contributed by atoms with E-state index in [0.29, 0.717) is 5.92 Å². The highest BCUT2D eigenvalue weighted by molar-refractivity contribution is 5.97. The van der Waals surface area contributed by atoms with E-state index in [1.807, 2.05) is 18.3 Å². The molecule has 4 aromatic carbocycles. The van der Waals surface area contributed by atoms with E-state index < -0.39 is 0 Å². The van der Waals surface area contributed by atoms with E-state index in [2.05, 4.69) is 92.7 Å². The molecule has 1 aliphatic heterocycles. The van der Waals surface area contributed by atoms with E-state index in [-0.39, 0.29) is 0 Å². The van der Waals surface area contributed by atoms with Gasteiger partial charge in [0.2, 0.25) is 0 Å². The second-order valence-corrected chi connectivity index (χ2v) is 9.17. The van der Waals surface area contributed by atoms with Crippen LogP contribution in [0.2, 0.25) is 0 Å². The van der Waals surface area contributed by atoms with E-state index in [0.717, 1.165) is 40.3 Å². The Morgan fingerprint density at radius 1 is 0.697 bits per heavy atom. The monoisotopic (exact) mass is 427 g/mol. The van der Waals surface area contributed by atoms with Gasteiger partial charge in [0.25, 0.3) is 0 Å². The fourth-order valence-corrected chi connectivity index (χ4v) is 4.88. The van der Waals surface area contributed by atoms with Crippen LogP contribution >= 0.6 is 0 Å². The van der Waals surface area contributed by atoms with Crippen molar-refractivity contribution in [3.8, 4) is 45.0 Å². The number of rotatable bonds is 3. The molecule has 0 N–H and O–H groups in total. The van der Waals surface area contributed by atoms with E-state index in [1.165, 1.54) is 27.5 Å². The third-order valence-electron chi connectivity index (χ3n) is 6.34. The predicted octanol–water partition coefficient (Wildman–Crippen LogP) is 8.54. The predicted molar refractivity (Wildman–Crippen MR) is 137 cm³/mol. The molecule has 2 nitrogen and oxygen atoms in total. The van der Waals surface area contributed by atoms with Crippen LogP contribution < -0.4 is 4.74 Å². The van der Waals surface area contributed by atoms with Gasteiger partial charge >= 0.3 is 0 Å². The zero-order valence-electron chi connectivity index (χ0n) is 18.9. The first-order valence-corrected chi connectivity index (χ1v) is 11.6. The summed E-state index contributed by atoms with van der Waals surface area (Å²) >= 11 is 0. The number of pyridine rings is 1. The van der Waals surface area contributed by atoms with E-state index in [1.54, 1.807) is 0 Å². The Hall–Kier alpha value is -3.91. The Bertz CT molecular complexity index is 1500. The number of nitrogens with zero attached hydrogens (tertiary/aromatic N) is 1. The SMILES string of the molecule is CC(C)Cc1ccc2c(-c3ccc4c(c3)Oc3ccccc3-c3ccccc3-4)nccc2c1. The lowest BCUT2D eigenvalue weighted by molar-refractivity contribution is 0.488. The number of hydrogen-bond donors (Lipinski definition) is 0. The van der Waals surface area contributed by atoms with E-state index in [9.17, 15) is 0 Å². The lowest BCUT2D eigenvalue weighted by Gasteiger charge is -2.13. The minimum absolute atomic E-state index is 0.635. The van der Waals surface area contributed by atoms with Crippen LogP contribution in [0.25, 0.3) is 44.3 Å². The molecule has 6 rings (SSSR count). The number of benzene rings is 4.